The van der Waals surface area contributed by atoms with Gasteiger partial charge in [0.15, 0.2) is 12.4 Å². The van der Waals surface area contributed by atoms with Crippen LogP contribution in [0.15, 0.2) is 66.9 Å². The van der Waals surface area contributed by atoms with Gasteiger partial charge in [0, 0.05) is 29.9 Å². The number of aromatic nitrogens is 1. The van der Waals surface area contributed by atoms with Crippen LogP contribution in [0.5, 0.6) is 17.4 Å². The van der Waals surface area contributed by atoms with E-state index in [1.54, 1.807) is 48.7 Å². The lowest BCUT2D eigenvalue weighted by molar-refractivity contribution is -0.123. The minimum absolute atomic E-state index is 0.0812. The summed E-state index contributed by atoms with van der Waals surface area (Å²) in [4.78, 5) is 27.7. The van der Waals surface area contributed by atoms with Gasteiger partial charge in [0.25, 0.3) is 5.91 Å². The molecule has 1 N–H and O–H groups in total. The molecule has 0 aliphatic rings. The number of nitrogens with zero attached hydrogens (tertiary/aromatic N) is 1. The molecular formula is C22H19FN2O4. The number of pyridine rings is 1. The molecule has 1 amide bonds. The maximum absolute atomic E-state index is 13.3. The first-order valence-corrected chi connectivity index (χ1v) is 8.89. The molecule has 0 atom stereocenters. The van der Waals surface area contributed by atoms with Crippen LogP contribution < -0.4 is 14.8 Å². The van der Waals surface area contributed by atoms with Crippen LogP contribution in [0.1, 0.15) is 22.8 Å². The highest BCUT2D eigenvalue weighted by atomic mass is 19.1. The number of amides is 1. The van der Waals surface area contributed by atoms with Crippen LogP contribution in [0.25, 0.3) is 0 Å². The summed E-state index contributed by atoms with van der Waals surface area (Å²) >= 11 is 0. The number of rotatable bonds is 8. The number of halogens is 1. The van der Waals surface area contributed by atoms with Gasteiger partial charge in [-0.2, -0.15) is 0 Å². The standard InChI is InChI=1S/C22H19FN2O4/c1-15(26)16-5-2-8-19(11-16)28-14-21(27)25-13-17-6-4-10-24-22(17)29-20-9-3-7-18(23)12-20/h2-12H,13-14H2,1H3,(H,25,27). The zero-order valence-electron chi connectivity index (χ0n) is 15.7. The number of benzene rings is 2. The van der Waals surface area contributed by atoms with Crippen molar-refractivity contribution in [3.8, 4) is 17.4 Å². The van der Waals surface area contributed by atoms with Crippen LogP contribution in [0.4, 0.5) is 4.39 Å². The fourth-order valence-electron chi connectivity index (χ4n) is 2.49. The maximum atomic E-state index is 13.3. The zero-order chi connectivity index (χ0) is 20.6. The Hall–Kier alpha value is -3.74. The smallest absolute Gasteiger partial charge is 0.258 e. The zero-order valence-corrected chi connectivity index (χ0v) is 15.7. The van der Waals surface area contributed by atoms with Gasteiger partial charge in [-0.05, 0) is 37.3 Å². The summed E-state index contributed by atoms with van der Waals surface area (Å²) < 4.78 is 24.4. The Morgan fingerprint density at radius 3 is 2.62 bits per heavy atom. The topological polar surface area (TPSA) is 77.5 Å². The van der Waals surface area contributed by atoms with E-state index in [9.17, 15) is 14.0 Å². The Bertz CT molecular complexity index is 1020. The Kier molecular flexibility index (Phi) is 6.52. The highest BCUT2D eigenvalue weighted by molar-refractivity contribution is 5.94. The van der Waals surface area contributed by atoms with Gasteiger partial charge in [-0.15, -0.1) is 0 Å². The molecule has 6 nitrogen and oxygen atoms in total. The number of nitrogens with one attached hydrogen (secondary N) is 1. The lowest BCUT2D eigenvalue weighted by Crippen LogP contribution is -2.28. The lowest BCUT2D eigenvalue weighted by atomic mass is 10.1. The third-order valence-corrected chi connectivity index (χ3v) is 3.95. The molecule has 0 unspecified atom stereocenters. The Labute approximate surface area is 167 Å². The summed E-state index contributed by atoms with van der Waals surface area (Å²) in [5.41, 5.74) is 1.14. The maximum Gasteiger partial charge on any atom is 0.258 e. The average Bonchev–Trinajstić information content (AvgIpc) is 2.72. The number of hydrogen-bond acceptors (Lipinski definition) is 5. The van der Waals surface area contributed by atoms with E-state index in [1.165, 1.54) is 25.1 Å². The minimum atomic E-state index is -0.417. The van der Waals surface area contributed by atoms with Crippen LogP contribution in [-0.4, -0.2) is 23.3 Å². The molecule has 3 aromatic rings. The summed E-state index contributed by atoms with van der Waals surface area (Å²) in [6, 6.07) is 15.8. The Morgan fingerprint density at radius 1 is 1.03 bits per heavy atom. The predicted molar refractivity (Wildman–Crippen MR) is 104 cm³/mol. The van der Waals surface area contributed by atoms with Crippen LogP contribution >= 0.6 is 0 Å². The third kappa shape index (κ3) is 5.87. The number of carbonyl (C=O) groups is 2. The van der Waals surface area contributed by atoms with Crippen LogP contribution in [0, 0.1) is 5.82 Å². The SMILES string of the molecule is CC(=O)c1cccc(OCC(=O)NCc2cccnc2Oc2cccc(F)c2)c1. The molecule has 0 fully saturated rings. The van der Waals surface area contributed by atoms with Crippen molar-refractivity contribution in [1.29, 1.82) is 0 Å². The molecule has 1 heterocycles. The second kappa shape index (κ2) is 9.45. The largest absolute Gasteiger partial charge is 0.484 e. The second-order valence-electron chi connectivity index (χ2n) is 6.18. The molecule has 0 saturated carbocycles. The third-order valence-electron chi connectivity index (χ3n) is 3.95. The number of ketones is 1. The van der Waals surface area contributed by atoms with Gasteiger partial charge in [-0.25, -0.2) is 9.37 Å². The Morgan fingerprint density at radius 2 is 1.83 bits per heavy atom. The molecule has 0 radical (unpaired) electrons. The molecule has 0 aliphatic carbocycles. The first-order chi connectivity index (χ1) is 14.0. The summed E-state index contributed by atoms with van der Waals surface area (Å²) in [5, 5.41) is 2.72. The van der Waals surface area contributed by atoms with Gasteiger partial charge >= 0.3 is 0 Å². The second-order valence-corrected chi connectivity index (χ2v) is 6.18. The van der Waals surface area contributed by atoms with Crippen molar-refractivity contribution in [2.45, 2.75) is 13.5 Å². The molecule has 29 heavy (non-hydrogen) atoms. The Balaban J connectivity index is 1.56. The fourth-order valence-corrected chi connectivity index (χ4v) is 2.49. The number of hydrogen-bond donors (Lipinski definition) is 1. The van der Waals surface area contributed by atoms with Crippen molar-refractivity contribution >= 4 is 11.7 Å². The lowest BCUT2D eigenvalue weighted by Gasteiger charge is -2.11. The molecular weight excluding hydrogens is 375 g/mol. The molecule has 0 saturated heterocycles. The van der Waals surface area contributed by atoms with Crippen LogP contribution in [0.3, 0.4) is 0 Å². The van der Waals surface area contributed by atoms with E-state index in [2.05, 4.69) is 10.3 Å². The molecule has 0 spiro atoms. The predicted octanol–water partition coefficient (Wildman–Crippen LogP) is 3.91. The van der Waals surface area contributed by atoms with Gasteiger partial charge in [-0.3, -0.25) is 9.59 Å². The average molecular weight is 394 g/mol. The first kappa shape index (κ1) is 20.0. The highest BCUT2D eigenvalue weighted by Crippen LogP contribution is 2.23. The van der Waals surface area contributed by atoms with Crippen LogP contribution in [-0.2, 0) is 11.3 Å². The van der Waals surface area contributed by atoms with Crippen LogP contribution in [0.2, 0.25) is 0 Å². The molecule has 3 rings (SSSR count). The minimum Gasteiger partial charge on any atom is -0.484 e. The van der Waals surface area contributed by atoms with Gasteiger partial charge in [-0.1, -0.05) is 24.3 Å². The monoisotopic (exact) mass is 394 g/mol. The van der Waals surface area contributed by atoms with Gasteiger partial charge < -0.3 is 14.8 Å². The number of ether oxygens (including phenoxy) is 2. The molecule has 7 heteroatoms. The molecule has 0 aliphatic heterocycles. The molecule has 2 aromatic carbocycles. The molecule has 0 bridgehead atoms. The molecule has 148 valence electrons. The van der Waals surface area contributed by atoms with Crippen molar-refractivity contribution in [1.82, 2.24) is 10.3 Å². The van der Waals surface area contributed by atoms with E-state index in [1.807, 2.05) is 0 Å². The summed E-state index contributed by atoms with van der Waals surface area (Å²) in [5.74, 6) is 0.170. The van der Waals surface area contributed by atoms with Gasteiger partial charge in [0.05, 0.1) is 0 Å². The number of Topliss-reactive ketones (excluding diaryl/α,β-unsaturated/α-hetero) is 1. The van der Waals surface area contributed by atoms with E-state index in [4.69, 9.17) is 9.47 Å². The van der Waals surface area contributed by atoms with Crippen molar-refractivity contribution < 1.29 is 23.5 Å². The van der Waals surface area contributed by atoms with E-state index >= 15 is 0 Å². The van der Waals surface area contributed by atoms with Gasteiger partial charge in [0.2, 0.25) is 5.88 Å². The van der Waals surface area contributed by atoms with Crippen molar-refractivity contribution in [3.63, 3.8) is 0 Å². The summed E-state index contributed by atoms with van der Waals surface area (Å²) in [7, 11) is 0. The normalized spacial score (nSPS) is 10.3. The van der Waals surface area contributed by atoms with Crippen molar-refractivity contribution in [3.05, 3.63) is 83.8 Å². The summed E-state index contributed by atoms with van der Waals surface area (Å²) in [6.07, 6.45) is 1.55. The fraction of sp³-hybridized carbons (Fsp3) is 0.136. The quantitative estimate of drug-likeness (QED) is 0.586. The van der Waals surface area contributed by atoms with E-state index < -0.39 is 5.82 Å². The van der Waals surface area contributed by atoms with E-state index in [0.29, 0.717) is 22.6 Å². The van der Waals surface area contributed by atoms with Crippen molar-refractivity contribution in [2.75, 3.05) is 6.61 Å². The molecule has 1 aromatic heterocycles. The van der Waals surface area contributed by atoms with Crippen molar-refractivity contribution in [2.24, 2.45) is 0 Å². The van der Waals surface area contributed by atoms with E-state index in [-0.39, 0.29) is 30.7 Å². The van der Waals surface area contributed by atoms with Gasteiger partial charge in [0.1, 0.15) is 17.3 Å². The number of carbonyl (C=O) groups excluding carboxylic acids is 2. The van der Waals surface area contributed by atoms with E-state index in [0.717, 1.165) is 0 Å². The summed E-state index contributed by atoms with van der Waals surface area (Å²) in [6.45, 7) is 1.42. The first-order valence-electron chi connectivity index (χ1n) is 8.89. The highest BCUT2D eigenvalue weighted by Gasteiger charge is 2.10.